The van der Waals surface area contributed by atoms with Crippen LogP contribution in [0.1, 0.15) is 0 Å². The molecule has 0 atom stereocenters. The van der Waals surface area contributed by atoms with E-state index >= 15 is 0 Å². The van der Waals surface area contributed by atoms with E-state index in [2.05, 4.69) is 6.58 Å². The van der Waals surface area contributed by atoms with Gasteiger partial charge in [0.1, 0.15) is 0 Å². The maximum atomic E-state index is 11.8. The van der Waals surface area contributed by atoms with Crippen molar-refractivity contribution < 1.29 is 4.39 Å². The standard InChI is InChI=1S/C8H7F/c1-7-4-2-3-5-8(7)6-9/h2-6H,1H2/b8-6-. The fourth-order valence-electron chi connectivity index (χ4n) is 0.641. The quantitative estimate of drug-likeness (QED) is 0.477. The van der Waals surface area contributed by atoms with Crippen molar-refractivity contribution >= 4 is 12.9 Å². The highest BCUT2D eigenvalue weighted by molar-refractivity contribution is 5.20. The highest BCUT2D eigenvalue weighted by atomic mass is 19.1. The van der Waals surface area contributed by atoms with Crippen molar-refractivity contribution in [2.24, 2.45) is 0 Å². The third-order valence-corrected chi connectivity index (χ3v) is 1.17. The summed E-state index contributed by atoms with van der Waals surface area (Å²) >= 11 is 0. The predicted molar refractivity (Wildman–Crippen MR) is 36.8 cm³/mol. The lowest BCUT2D eigenvalue weighted by molar-refractivity contribution is 0.797. The molecule has 1 heteroatoms. The van der Waals surface area contributed by atoms with Crippen LogP contribution in [0.5, 0.6) is 0 Å². The molecule has 0 aliphatic carbocycles. The summed E-state index contributed by atoms with van der Waals surface area (Å²) in [5.74, 6) is 0. The summed E-state index contributed by atoms with van der Waals surface area (Å²) < 4.78 is 11.8. The average Bonchev–Trinajstić information content (AvgIpc) is 1.89. The van der Waals surface area contributed by atoms with Gasteiger partial charge >= 0.3 is 0 Å². The summed E-state index contributed by atoms with van der Waals surface area (Å²) in [5.41, 5.74) is 0. The van der Waals surface area contributed by atoms with Crippen LogP contribution in [0.25, 0.3) is 12.9 Å². The molecule has 0 bridgehead atoms. The molecule has 9 heavy (non-hydrogen) atoms. The van der Waals surface area contributed by atoms with Crippen LogP contribution < -0.4 is 10.4 Å². The third kappa shape index (κ3) is 1.17. The van der Waals surface area contributed by atoms with Gasteiger partial charge in [-0.25, -0.2) is 4.39 Å². The molecule has 0 fully saturated rings. The van der Waals surface area contributed by atoms with E-state index in [-0.39, 0.29) is 0 Å². The summed E-state index contributed by atoms with van der Waals surface area (Å²) in [7, 11) is 0. The van der Waals surface area contributed by atoms with E-state index in [0.29, 0.717) is 11.5 Å². The number of halogens is 1. The Morgan fingerprint density at radius 1 is 1.33 bits per heavy atom. The van der Waals surface area contributed by atoms with E-state index in [0.717, 1.165) is 5.22 Å². The van der Waals surface area contributed by atoms with E-state index < -0.39 is 0 Å². The fraction of sp³-hybridized carbons (Fsp3) is 0. The Hall–Kier alpha value is -1.11. The molecule has 0 nitrogen and oxygen atoms in total. The number of hydrogen-bond acceptors (Lipinski definition) is 0. The molecule has 1 aromatic rings. The molecule has 1 rings (SSSR count). The minimum Gasteiger partial charge on any atom is -0.215 e. The summed E-state index contributed by atoms with van der Waals surface area (Å²) in [5, 5.41) is 1.28. The van der Waals surface area contributed by atoms with Crippen LogP contribution in [-0.2, 0) is 0 Å². The lowest BCUT2D eigenvalue weighted by atomic mass is 10.3. The maximum absolute atomic E-state index is 11.8. The maximum Gasteiger partial charge on any atom is 0.0945 e. The number of hydrogen-bond donors (Lipinski definition) is 0. The molecule has 1 aromatic carbocycles. The van der Waals surface area contributed by atoms with Crippen molar-refractivity contribution in [3.05, 3.63) is 34.7 Å². The van der Waals surface area contributed by atoms with Crippen molar-refractivity contribution in [1.82, 2.24) is 0 Å². The second kappa shape index (κ2) is 2.44. The first-order chi connectivity index (χ1) is 4.34. The zero-order chi connectivity index (χ0) is 6.69. The Balaban J connectivity index is 3.53. The van der Waals surface area contributed by atoms with Crippen LogP contribution in [-0.4, -0.2) is 0 Å². The van der Waals surface area contributed by atoms with Crippen molar-refractivity contribution in [2.75, 3.05) is 0 Å². The molecule has 0 spiro atoms. The zero-order valence-corrected chi connectivity index (χ0v) is 4.97. The van der Waals surface area contributed by atoms with Gasteiger partial charge in [0, 0.05) is 5.22 Å². The summed E-state index contributed by atoms with van der Waals surface area (Å²) in [6.45, 7) is 3.62. The molecule has 0 N–H and O–H groups in total. The molecule has 0 saturated carbocycles. The molecular weight excluding hydrogens is 115 g/mol. The molecule has 0 aliphatic rings. The lowest BCUT2D eigenvalue weighted by Crippen LogP contribution is -2.20. The lowest BCUT2D eigenvalue weighted by Gasteiger charge is -1.81. The first-order valence-electron chi connectivity index (χ1n) is 2.69. The van der Waals surface area contributed by atoms with Gasteiger partial charge in [0.05, 0.1) is 6.33 Å². The third-order valence-electron chi connectivity index (χ3n) is 1.17. The molecule has 0 unspecified atom stereocenters. The van der Waals surface area contributed by atoms with Gasteiger partial charge in [-0.3, -0.25) is 0 Å². The molecule has 0 radical (unpaired) electrons. The highest BCUT2D eigenvalue weighted by Gasteiger charge is 1.76. The molecule has 0 aromatic heterocycles. The van der Waals surface area contributed by atoms with Crippen LogP contribution in [0.2, 0.25) is 0 Å². The number of rotatable bonds is 0. The van der Waals surface area contributed by atoms with Crippen LogP contribution >= 0.6 is 0 Å². The summed E-state index contributed by atoms with van der Waals surface area (Å²) in [6.07, 6.45) is 0.558. The Labute approximate surface area is 52.9 Å². The second-order valence-corrected chi connectivity index (χ2v) is 1.81. The molecule has 0 heterocycles. The molecule has 0 saturated heterocycles. The average molecular weight is 122 g/mol. The van der Waals surface area contributed by atoms with Crippen molar-refractivity contribution in [3.63, 3.8) is 0 Å². The van der Waals surface area contributed by atoms with Gasteiger partial charge < -0.3 is 0 Å². The van der Waals surface area contributed by atoms with E-state index in [1.807, 2.05) is 6.07 Å². The van der Waals surface area contributed by atoms with Crippen molar-refractivity contribution in [2.45, 2.75) is 0 Å². The first-order valence-corrected chi connectivity index (χ1v) is 2.69. The molecule has 0 aliphatic heterocycles. The monoisotopic (exact) mass is 122 g/mol. The fourth-order valence-corrected chi connectivity index (χ4v) is 0.641. The first kappa shape index (κ1) is 6.02. The SMILES string of the molecule is C=c1cccc/c1=C/F. The Morgan fingerprint density at radius 3 is 2.44 bits per heavy atom. The van der Waals surface area contributed by atoms with Crippen molar-refractivity contribution in [3.8, 4) is 0 Å². The largest absolute Gasteiger partial charge is 0.215 e. The topological polar surface area (TPSA) is 0 Å². The van der Waals surface area contributed by atoms with Gasteiger partial charge in [-0.05, 0) is 5.22 Å². The van der Waals surface area contributed by atoms with E-state index in [1.54, 1.807) is 18.2 Å². The van der Waals surface area contributed by atoms with E-state index in [4.69, 9.17) is 0 Å². The van der Waals surface area contributed by atoms with Gasteiger partial charge in [0.15, 0.2) is 0 Å². The Morgan fingerprint density at radius 2 is 2.00 bits per heavy atom. The summed E-state index contributed by atoms with van der Waals surface area (Å²) in [4.78, 5) is 0. The Kier molecular flexibility index (Phi) is 1.63. The van der Waals surface area contributed by atoms with Crippen LogP contribution in [0.15, 0.2) is 24.3 Å². The normalized spacial score (nSPS) is 11.9. The van der Waals surface area contributed by atoms with Gasteiger partial charge in [-0.2, -0.15) is 0 Å². The van der Waals surface area contributed by atoms with E-state index in [1.165, 1.54) is 0 Å². The molecule has 46 valence electrons. The summed E-state index contributed by atoms with van der Waals surface area (Å²) in [6, 6.07) is 7.06. The minimum absolute atomic E-state index is 0.553. The zero-order valence-electron chi connectivity index (χ0n) is 4.97. The Bertz CT molecular complexity index is 288. The smallest absolute Gasteiger partial charge is 0.0945 e. The molecule has 0 amide bonds. The second-order valence-electron chi connectivity index (χ2n) is 1.81. The predicted octanol–water partition coefficient (Wildman–Crippen LogP) is 0.804. The molecular formula is C8H7F. The van der Waals surface area contributed by atoms with Gasteiger partial charge in [0.2, 0.25) is 0 Å². The van der Waals surface area contributed by atoms with Crippen LogP contribution in [0.3, 0.4) is 0 Å². The van der Waals surface area contributed by atoms with Crippen LogP contribution in [0.4, 0.5) is 4.39 Å². The van der Waals surface area contributed by atoms with Crippen molar-refractivity contribution in [1.29, 1.82) is 0 Å². The highest BCUT2D eigenvalue weighted by Crippen LogP contribution is 1.70. The van der Waals surface area contributed by atoms with Gasteiger partial charge in [-0.15, -0.1) is 0 Å². The van der Waals surface area contributed by atoms with E-state index in [9.17, 15) is 4.39 Å². The minimum atomic E-state index is 0.553. The van der Waals surface area contributed by atoms with Crippen LogP contribution in [0, 0.1) is 0 Å². The van der Waals surface area contributed by atoms with Gasteiger partial charge in [0.25, 0.3) is 0 Å². The number of benzene rings is 1. The van der Waals surface area contributed by atoms with Gasteiger partial charge in [-0.1, -0.05) is 30.8 Å².